The summed E-state index contributed by atoms with van der Waals surface area (Å²) < 4.78 is 1.33. The molecule has 2 aromatic carbocycles. The van der Waals surface area contributed by atoms with E-state index in [-0.39, 0.29) is 17.2 Å². The van der Waals surface area contributed by atoms with E-state index in [1.807, 2.05) is 36.4 Å². The summed E-state index contributed by atoms with van der Waals surface area (Å²) in [7, 11) is 0. The number of hydrogen-bond acceptors (Lipinski definition) is 5. The minimum absolute atomic E-state index is 0.0864. The third-order valence-electron chi connectivity index (χ3n) is 4.87. The number of aromatic nitrogens is 2. The lowest BCUT2D eigenvalue weighted by Gasteiger charge is -2.15. The molecule has 0 spiro atoms. The van der Waals surface area contributed by atoms with Gasteiger partial charge in [0.2, 0.25) is 5.91 Å². The topological polar surface area (TPSA) is 81.1 Å². The van der Waals surface area contributed by atoms with Gasteiger partial charge in [0.25, 0.3) is 5.56 Å². The first kappa shape index (κ1) is 19.7. The average molecular weight is 417 g/mol. The van der Waals surface area contributed by atoms with E-state index in [1.165, 1.54) is 29.2 Å². The highest BCUT2D eigenvalue weighted by molar-refractivity contribution is 7.21. The molecule has 2 heterocycles. The summed E-state index contributed by atoms with van der Waals surface area (Å²) in [6.07, 6.45) is 1.41. The quantitative estimate of drug-likeness (QED) is 0.484. The highest BCUT2D eigenvalue weighted by atomic mass is 32.1. The zero-order valence-electron chi connectivity index (χ0n) is 16.5. The zero-order chi connectivity index (χ0) is 21.3. The minimum atomic E-state index is -0.768. The van der Waals surface area contributed by atoms with Crippen LogP contribution in [0.1, 0.15) is 30.2 Å². The fraction of sp³-hybridized carbons (Fsp3) is 0.130. The Labute approximate surface area is 176 Å². The fourth-order valence-electron chi connectivity index (χ4n) is 3.15. The number of amides is 1. The van der Waals surface area contributed by atoms with E-state index in [4.69, 9.17) is 0 Å². The van der Waals surface area contributed by atoms with Gasteiger partial charge in [-0.05, 0) is 37.6 Å². The Bertz CT molecular complexity index is 1310. The summed E-state index contributed by atoms with van der Waals surface area (Å²) in [5.74, 6) is -0.450. The van der Waals surface area contributed by atoms with Crippen molar-refractivity contribution in [3.63, 3.8) is 0 Å². The smallest absolute Gasteiger partial charge is 0.262 e. The third kappa shape index (κ3) is 3.79. The normalized spacial score (nSPS) is 11.9. The van der Waals surface area contributed by atoms with E-state index in [1.54, 1.807) is 31.2 Å². The summed E-state index contributed by atoms with van der Waals surface area (Å²) in [4.78, 5) is 43.3. The molecule has 0 aliphatic rings. The van der Waals surface area contributed by atoms with Crippen LogP contribution in [0.4, 0.5) is 5.69 Å². The summed E-state index contributed by atoms with van der Waals surface area (Å²) in [6, 6.07) is 17.5. The Morgan fingerprint density at radius 1 is 1.07 bits per heavy atom. The second-order valence-electron chi connectivity index (χ2n) is 6.95. The van der Waals surface area contributed by atoms with Crippen LogP contribution < -0.4 is 10.9 Å². The number of carbonyl (C=O) groups is 2. The summed E-state index contributed by atoms with van der Waals surface area (Å²) in [5, 5.41) is 3.25. The van der Waals surface area contributed by atoms with Gasteiger partial charge >= 0.3 is 0 Å². The van der Waals surface area contributed by atoms with Crippen LogP contribution in [0.2, 0.25) is 0 Å². The monoisotopic (exact) mass is 417 g/mol. The summed E-state index contributed by atoms with van der Waals surface area (Å²) in [5.41, 5.74) is 1.76. The van der Waals surface area contributed by atoms with Gasteiger partial charge in [-0.25, -0.2) is 4.98 Å². The number of benzene rings is 2. The van der Waals surface area contributed by atoms with Crippen molar-refractivity contribution in [1.29, 1.82) is 0 Å². The van der Waals surface area contributed by atoms with Crippen molar-refractivity contribution < 1.29 is 9.59 Å². The second kappa shape index (κ2) is 8.04. The average Bonchev–Trinajstić information content (AvgIpc) is 3.20. The zero-order valence-corrected chi connectivity index (χ0v) is 17.3. The number of carbonyl (C=O) groups excluding carboxylic acids is 2. The Morgan fingerprint density at radius 2 is 1.83 bits per heavy atom. The predicted molar refractivity (Wildman–Crippen MR) is 119 cm³/mol. The van der Waals surface area contributed by atoms with E-state index >= 15 is 0 Å². The van der Waals surface area contributed by atoms with E-state index in [0.29, 0.717) is 21.5 Å². The molecule has 30 heavy (non-hydrogen) atoms. The number of anilines is 1. The molecule has 0 radical (unpaired) electrons. The molecule has 4 aromatic rings. The number of Topliss-reactive ketones (excluding diaryl/α,β-unsaturated/α-hetero) is 1. The molecular weight excluding hydrogens is 398 g/mol. The van der Waals surface area contributed by atoms with Gasteiger partial charge < -0.3 is 5.32 Å². The molecule has 2 aromatic heterocycles. The van der Waals surface area contributed by atoms with E-state index in [2.05, 4.69) is 10.3 Å². The van der Waals surface area contributed by atoms with Gasteiger partial charge in [-0.2, -0.15) is 0 Å². The van der Waals surface area contributed by atoms with Gasteiger partial charge in [0.1, 0.15) is 10.9 Å². The lowest BCUT2D eigenvalue weighted by Crippen LogP contribution is -2.31. The first-order valence-corrected chi connectivity index (χ1v) is 10.2. The van der Waals surface area contributed by atoms with Crippen LogP contribution in [-0.4, -0.2) is 21.2 Å². The van der Waals surface area contributed by atoms with Crippen LogP contribution in [0, 0.1) is 0 Å². The summed E-state index contributed by atoms with van der Waals surface area (Å²) in [6.45, 7) is 3.11. The number of nitrogens with one attached hydrogen (secondary N) is 1. The van der Waals surface area contributed by atoms with Crippen molar-refractivity contribution in [2.24, 2.45) is 0 Å². The number of rotatable bonds is 5. The van der Waals surface area contributed by atoms with Crippen LogP contribution in [0.5, 0.6) is 0 Å². The first-order valence-electron chi connectivity index (χ1n) is 9.42. The molecule has 1 unspecified atom stereocenters. The Kier molecular flexibility index (Phi) is 5.29. The Morgan fingerprint density at radius 3 is 2.57 bits per heavy atom. The van der Waals surface area contributed by atoms with E-state index in [0.717, 1.165) is 10.4 Å². The van der Waals surface area contributed by atoms with Gasteiger partial charge in [-0.3, -0.25) is 19.0 Å². The van der Waals surface area contributed by atoms with Crippen molar-refractivity contribution >= 4 is 38.9 Å². The largest absolute Gasteiger partial charge is 0.324 e. The first-order chi connectivity index (χ1) is 14.4. The molecule has 1 atom stereocenters. The van der Waals surface area contributed by atoms with Crippen molar-refractivity contribution in [1.82, 2.24) is 9.55 Å². The molecule has 4 rings (SSSR count). The number of thiophene rings is 1. The van der Waals surface area contributed by atoms with Gasteiger partial charge in [0.15, 0.2) is 5.78 Å². The van der Waals surface area contributed by atoms with Gasteiger partial charge in [-0.15, -0.1) is 11.3 Å². The molecule has 1 N–H and O–H groups in total. The van der Waals surface area contributed by atoms with E-state index < -0.39 is 6.04 Å². The van der Waals surface area contributed by atoms with Gasteiger partial charge in [-0.1, -0.05) is 42.5 Å². The maximum absolute atomic E-state index is 13.0. The number of nitrogens with zero attached hydrogens (tertiary/aromatic N) is 2. The second-order valence-corrected chi connectivity index (χ2v) is 7.99. The van der Waals surface area contributed by atoms with Crippen LogP contribution in [0.15, 0.2) is 71.8 Å². The number of hydrogen-bond donors (Lipinski definition) is 1. The molecule has 1 amide bonds. The van der Waals surface area contributed by atoms with Crippen molar-refractivity contribution in [2.45, 2.75) is 19.9 Å². The Hall–Kier alpha value is -3.58. The maximum atomic E-state index is 13.0. The Balaban J connectivity index is 1.63. The van der Waals surface area contributed by atoms with Crippen molar-refractivity contribution in [2.75, 3.05) is 5.32 Å². The van der Waals surface area contributed by atoms with Crippen LogP contribution in [0.25, 0.3) is 20.7 Å². The van der Waals surface area contributed by atoms with Crippen molar-refractivity contribution in [3.8, 4) is 10.4 Å². The van der Waals surface area contributed by atoms with Crippen LogP contribution in [-0.2, 0) is 4.79 Å². The third-order valence-corrected chi connectivity index (χ3v) is 5.96. The highest BCUT2D eigenvalue weighted by Crippen LogP contribution is 2.30. The molecule has 0 fully saturated rings. The number of ketones is 1. The lowest BCUT2D eigenvalue weighted by atomic mass is 10.1. The number of fused-ring (bicyclic) bond motifs is 1. The standard InChI is InChI=1S/C23H19N3O3S/c1-14(21(28)25-18-10-6-9-17(11-18)15(2)27)26-13-24-22-19(23(26)29)12-20(30-22)16-7-4-3-5-8-16/h3-14H,1-2H3,(H,25,28). The fourth-order valence-corrected chi connectivity index (χ4v) is 4.14. The highest BCUT2D eigenvalue weighted by Gasteiger charge is 2.19. The predicted octanol–water partition coefficient (Wildman–Crippen LogP) is 4.53. The molecule has 0 aliphatic carbocycles. The van der Waals surface area contributed by atoms with Gasteiger partial charge in [0, 0.05) is 16.1 Å². The van der Waals surface area contributed by atoms with E-state index in [9.17, 15) is 14.4 Å². The van der Waals surface area contributed by atoms with Crippen LogP contribution in [0.3, 0.4) is 0 Å². The molecule has 150 valence electrons. The molecule has 0 aliphatic heterocycles. The maximum Gasteiger partial charge on any atom is 0.262 e. The van der Waals surface area contributed by atoms with Crippen molar-refractivity contribution in [3.05, 3.63) is 82.9 Å². The van der Waals surface area contributed by atoms with Crippen LogP contribution >= 0.6 is 11.3 Å². The molecular formula is C23H19N3O3S. The minimum Gasteiger partial charge on any atom is -0.324 e. The molecule has 7 heteroatoms. The molecule has 0 saturated heterocycles. The summed E-state index contributed by atoms with van der Waals surface area (Å²) >= 11 is 1.44. The molecule has 6 nitrogen and oxygen atoms in total. The van der Waals surface area contributed by atoms with Gasteiger partial charge in [0.05, 0.1) is 11.7 Å². The lowest BCUT2D eigenvalue weighted by molar-refractivity contribution is -0.118. The molecule has 0 saturated carbocycles. The molecule has 0 bridgehead atoms. The SMILES string of the molecule is CC(=O)c1cccc(NC(=O)C(C)n2cnc3sc(-c4ccccc4)cc3c2=O)c1.